The van der Waals surface area contributed by atoms with Crippen molar-refractivity contribution in [3.63, 3.8) is 0 Å². The minimum absolute atomic E-state index is 0.140. The van der Waals surface area contributed by atoms with Crippen LogP contribution in [0, 0.1) is 0 Å². The van der Waals surface area contributed by atoms with E-state index in [1.165, 1.54) is 0 Å². The van der Waals surface area contributed by atoms with Gasteiger partial charge in [0.25, 0.3) is 7.65 Å². The number of esters is 1. The van der Waals surface area contributed by atoms with Gasteiger partial charge < -0.3 is 9.26 Å². The van der Waals surface area contributed by atoms with Crippen LogP contribution in [-0.2, 0) is 9.53 Å². The second-order valence-electron chi connectivity index (χ2n) is 3.99. The van der Waals surface area contributed by atoms with Crippen LogP contribution >= 0.6 is 18.9 Å². The van der Waals surface area contributed by atoms with Crippen LogP contribution in [0.3, 0.4) is 0 Å². The van der Waals surface area contributed by atoms with E-state index in [1.807, 2.05) is 18.2 Å². The first-order chi connectivity index (χ1) is 8.49. The first-order valence-electron chi connectivity index (χ1n) is 5.64. The smallest absolute Gasteiger partial charge is 0.323 e. The van der Waals surface area contributed by atoms with Crippen LogP contribution in [0.1, 0.15) is 20.8 Å². The fourth-order valence-corrected chi connectivity index (χ4v) is 2.59. The van der Waals surface area contributed by atoms with Gasteiger partial charge in [-0.2, -0.15) is 0 Å². The van der Waals surface area contributed by atoms with Crippen molar-refractivity contribution in [1.82, 2.24) is 5.09 Å². The third-order valence-corrected chi connectivity index (χ3v) is 3.39. The molecule has 0 fully saturated rings. The van der Waals surface area contributed by atoms with E-state index in [2.05, 4.69) is 5.09 Å². The van der Waals surface area contributed by atoms with E-state index < -0.39 is 13.7 Å². The molecule has 2 atom stereocenters. The molecule has 6 heteroatoms. The highest BCUT2D eigenvalue weighted by atomic mass is 35.7. The van der Waals surface area contributed by atoms with Crippen LogP contribution in [0.15, 0.2) is 30.3 Å². The molecule has 0 radical (unpaired) electrons. The lowest BCUT2D eigenvalue weighted by atomic mass is 10.3. The molecule has 0 aliphatic heterocycles. The second kappa shape index (κ2) is 7.57. The highest BCUT2D eigenvalue weighted by molar-refractivity contribution is 7.78. The zero-order valence-electron chi connectivity index (χ0n) is 10.6. The Morgan fingerprint density at radius 3 is 2.44 bits per heavy atom. The van der Waals surface area contributed by atoms with Crippen LogP contribution in [0.2, 0.25) is 0 Å². The lowest BCUT2D eigenvalue weighted by Gasteiger charge is -2.18. The number of para-hydroxylation sites is 1. The summed E-state index contributed by atoms with van der Waals surface area (Å²) < 4.78 is 10.5. The van der Waals surface area contributed by atoms with Gasteiger partial charge in [-0.1, -0.05) is 18.2 Å². The molecule has 0 saturated carbocycles. The number of carbonyl (C=O) groups is 1. The Morgan fingerprint density at radius 2 is 1.89 bits per heavy atom. The fourth-order valence-electron chi connectivity index (χ4n) is 1.14. The maximum Gasteiger partial charge on any atom is 0.323 e. The number of hydrogen-bond acceptors (Lipinski definition) is 4. The fraction of sp³-hybridized carbons (Fsp3) is 0.417. The lowest BCUT2D eigenvalue weighted by Crippen LogP contribution is -2.33. The minimum atomic E-state index is -1.43. The SMILES string of the molecule is CC(C)OC(=O)C(C)NP(Cl)Oc1ccccc1. The second-order valence-corrected chi connectivity index (χ2v) is 5.84. The van der Waals surface area contributed by atoms with Crippen LogP contribution in [0.5, 0.6) is 5.75 Å². The number of carbonyl (C=O) groups excluding carboxylic acids is 1. The van der Waals surface area contributed by atoms with E-state index in [-0.39, 0.29) is 12.1 Å². The van der Waals surface area contributed by atoms with Gasteiger partial charge in [-0.25, -0.2) is 5.09 Å². The Bertz CT molecular complexity index is 375. The largest absolute Gasteiger partial charge is 0.462 e. The predicted octanol–water partition coefficient (Wildman–Crippen LogP) is 3.46. The Hall–Kier alpha value is -0.830. The van der Waals surface area contributed by atoms with Gasteiger partial charge in [0.05, 0.1) is 6.10 Å². The molecule has 1 rings (SSSR count). The van der Waals surface area contributed by atoms with Crippen LogP contribution in [-0.4, -0.2) is 18.1 Å². The molecule has 0 aliphatic rings. The molecule has 0 saturated heterocycles. The molecule has 4 nitrogen and oxygen atoms in total. The van der Waals surface area contributed by atoms with Crippen molar-refractivity contribution in [2.45, 2.75) is 32.9 Å². The van der Waals surface area contributed by atoms with Gasteiger partial charge in [-0.05, 0) is 44.1 Å². The Balaban J connectivity index is 2.40. The zero-order chi connectivity index (χ0) is 13.5. The highest BCUT2D eigenvalue weighted by Crippen LogP contribution is 2.39. The standard InChI is InChI=1S/C12H17ClNO3P/c1-9(2)16-12(15)10(3)14-18(13)17-11-7-5-4-6-8-11/h4-10,14H,1-3H3. The van der Waals surface area contributed by atoms with Crippen molar-refractivity contribution in [2.75, 3.05) is 0 Å². The Labute approximate surface area is 113 Å². The van der Waals surface area contributed by atoms with E-state index in [9.17, 15) is 4.79 Å². The van der Waals surface area contributed by atoms with Gasteiger partial charge in [-0.3, -0.25) is 4.79 Å². The maximum atomic E-state index is 11.6. The summed E-state index contributed by atoms with van der Waals surface area (Å²) in [7, 11) is -1.43. The van der Waals surface area contributed by atoms with Crippen molar-refractivity contribution < 1.29 is 14.1 Å². The molecule has 0 aromatic heterocycles. The molecular formula is C12H17ClNO3P. The van der Waals surface area contributed by atoms with Crippen LogP contribution in [0.25, 0.3) is 0 Å². The molecule has 100 valence electrons. The molecule has 0 bridgehead atoms. The summed E-state index contributed by atoms with van der Waals surface area (Å²) >= 11 is 6.01. The number of nitrogens with one attached hydrogen (secondary N) is 1. The molecule has 0 spiro atoms. The average Bonchev–Trinajstić information content (AvgIpc) is 2.29. The third-order valence-electron chi connectivity index (χ3n) is 1.93. The van der Waals surface area contributed by atoms with E-state index in [0.29, 0.717) is 5.75 Å². The quantitative estimate of drug-likeness (QED) is 0.643. The van der Waals surface area contributed by atoms with Gasteiger partial charge in [0.2, 0.25) is 0 Å². The summed E-state index contributed by atoms with van der Waals surface area (Å²) in [6.07, 6.45) is -0.140. The summed E-state index contributed by atoms with van der Waals surface area (Å²) in [5.74, 6) is 0.324. The van der Waals surface area contributed by atoms with E-state index in [1.54, 1.807) is 32.9 Å². The zero-order valence-corrected chi connectivity index (χ0v) is 12.2. The van der Waals surface area contributed by atoms with Crippen LogP contribution < -0.4 is 9.61 Å². The molecule has 0 heterocycles. The molecular weight excluding hydrogens is 273 g/mol. The van der Waals surface area contributed by atoms with Crippen molar-refractivity contribution >= 4 is 24.9 Å². The topological polar surface area (TPSA) is 47.6 Å². The number of rotatable bonds is 6. The van der Waals surface area contributed by atoms with Gasteiger partial charge in [0.1, 0.15) is 11.8 Å². The van der Waals surface area contributed by atoms with Crippen molar-refractivity contribution in [3.05, 3.63) is 30.3 Å². The number of hydrogen-bond donors (Lipinski definition) is 1. The summed E-state index contributed by atoms with van der Waals surface area (Å²) in [6, 6.07) is 8.70. The first kappa shape index (κ1) is 15.2. The molecule has 0 amide bonds. The molecule has 1 aromatic rings. The molecule has 0 aliphatic carbocycles. The van der Waals surface area contributed by atoms with Gasteiger partial charge >= 0.3 is 5.97 Å². The number of halogens is 1. The normalized spacial score (nSPS) is 14.1. The Morgan fingerprint density at radius 1 is 1.28 bits per heavy atom. The molecule has 1 aromatic carbocycles. The van der Waals surface area contributed by atoms with E-state index in [4.69, 9.17) is 20.5 Å². The van der Waals surface area contributed by atoms with Gasteiger partial charge in [0.15, 0.2) is 0 Å². The summed E-state index contributed by atoms with van der Waals surface area (Å²) in [5, 5.41) is 2.87. The van der Waals surface area contributed by atoms with Crippen molar-refractivity contribution in [1.29, 1.82) is 0 Å². The molecule has 1 N–H and O–H groups in total. The maximum absolute atomic E-state index is 11.6. The molecule has 2 unspecified atom stereocenters. The van der Waals surface area contributed by atoms with Crippen LogP contribution in [0.4, 0.5) is 0 Å². The Kier molecular flexibility index (Phi) is 6.41. The van der Waals surface area contributed by atoms with Crippen molar-refractivity contribution in [3.8, 4) is 5.75 Å². The minimum Gasteiger partial charge on any atom is -0.462 e. The summed E-state index contributed by atoms with van der Waals surface area (Å²) in [5.41, 5.74) is 0. The third kappa shape index (κ3) is 5.67. The average molecular weight is 290 g/mol. The predicted molar refractivity (Wildman–Crippen MR) is 73.7 cm³/mol. The van der Waals surface area contributed by atoms with E-state index in [0.717, 1.165) is 0 Å². The highest BCUT2D eigenvalue weighted by Gasteiger charge is 2.20. The number of ether oxygens (including phenoxy) is 1. The summed E-state index contributed by atoms with van der Waals surface area (Å²) in [6.45, 7) is 5.29. The van der Waals surface area contributed by atoms with E-state index >= 15 is 0 Å². The van der Waals surface area contributed by atoms with Crippen molar-refractivity contribution in [2.24, 2.45) is 0 Å². The van der Waals surface area contributed by atoms with Gasteiger partial charge in [0, 0.05) is 0 Å². The number of benzene rings is 1. The summed E-state index contributed by atoms with van der Waals surface area (Å²) in [4.78, 5) is 11.6. The monoisotopic (exact) mass is 289 g/mol. The van der Waals surface area contributed by atoms with Gasteiger partial charge in [-0.15, -0.1) is 0 Å². The first-order valence-corrected chi connectivity index (χ1v) is 7.81. The lowest BCUT2D eigenvalue weighted by molar-refractivity contribution is -0.148. The molecule has 18 heavy (non-hydrogen) atoms.